The summed E-state index contributed by atoms with van der Waals surface area (Å²) < 4.78 is 27.2. The molecular weight excluding hydrogens is 246 g/mol. The van der Waals surface area contributed by atoms with Gasteiger partial charge in [-0.1, -0.05) is 37.5 Å². The van der Waals surface area contributed by atoms with E-state index in [2.05, 4.69) is 17.3 Å². The Hall–Kier alpha value is -0.460. The number of hydrogen-bond acceptors (Lipinski definition) is 4. The molecule has 0 spiro atoms. The van der Waals surface area contributed by atoms with Crippen molar-refractivity contribution in [2.45, 2.75) is 39.0 Å². The van der Waals surface area contributed by atoms with E-state index < -0.39 is 10.1 Å². The van der Waals surface area contributed by atoms with Crippen LogP contribution in [0.2, 0.25) is 0 Å². The highest BCUT2D eigenvalue weighted by Crippen LogP contribution is 2.06. The summed E-state index contributed by atoms with van der Waals surface area (Å²) >= 11 is 1.83. The van der Waals surface area contributed by atoms with Crippen molar-refractivity contribution < 1.29 is 18.0 Å². The van der Waals surface area contributed by atoms with Crippen LogP contribution in [-0.4, -0.2) is 19.2 Å². The van der Waals surface area contributed by atoms with Crippen LogP contribution in [0.25, 0.3) is 0 Å². The van der Waals surface area contributed by atoms with E-state index in [9.17, 15) is 0 Å². The molecule has 6 heteroatoms. The number of H-pyrrole nitrogens is 1. The van der Waals surface area contributed by atoms with Gasteiger partial charge in [0.2, 0.25) is 5.01 Å². The van der Waals surface area contributed by atoms with Crippen LogP contribution in [0.1, 0.15) is 37.6 Å². The van der Waals surface area contributed by atoms with Crippen LogP contribution >= 0.6 is 11.3 Å². The Bertz CT molecular complexity index is 338. The molecule has 4 nitrogen and oxygen atoms in total. The first kappa shape index (κ1) is 15.5. The lowest BCUT2D eigenvalue weighted by atomic mass is 10.2. The highest BCUT2D eigenvalue weighted by atomic mass is 32.2. The molecule has 1 rings (SSSR count). The van der Waals surface area contributed by atoms with Gasteiger partial charge in [-0.15, -0.1) is 0 Å². The van der Waals surface area contributed by atoms with Gasteiger partial charge >= 0.3 is 0 Å². The zero-order valence-electron chi connectivity index (χ0n) is 9.73. The molecule has 0 saturated carbocycles. The van der Waals surface area contributed by atoms with Gasteiger partial charge in [0.25, 0.3) is 0 Å². The van der Waals surface area contributed by atoms with E-state index in [-0.39, 0.29) is 0 Å². The molecule has 1 aromatic heterocycles. The minimum atomic E-state index is -3.92. The first-order valence-corrected chi connectivity index (χ1v) is 7.98. The summed E-state index contributed by atoms with van der Waals surface area (Å²) in [4.78, 5) is 3.23. The molecule has 0 radical (unpaired) electrons. The SMILES string of the molecule is CCCCCCc1[nH+]ccs1.CS(=O)(=O)[O-]. The van der Waals surface area contributed by atoms with Crippen LogP contribution in [0.15, 0.2) is 11.6 Å². The Morgan fingerprint density at radius 1 is 1.38 bits per heavy atom. The third-order valence-corrected chi connectivity index (χ3v) is 2.66. The van der Waals surface area contributed by atoms with E-state index in [0.29, 0.717) is 6.26 Å². The van der Waals surface area contributed by atoms with Crippen molar-refractivity contribution in [1.29, 1.82) is 0 Å². The van der Waals surface area contributed by atoms with Gasteiger partial charge < -0.3 is 4.55 Å². The summed E-state index contributed by atoms with van der Waals surface area (Å²) in [5.41, 5.74) is 0. The summed E-state index contributed by atoms with van der Waals surface area (Å²) in [7, 11) is -3.92. The molecule has 1 aromatic rings. The second kappa shape index (κ2) is 8.66. The van der Waals surface area contributed by atoms with Gasteiger partial charge in [-0.3, -0.25) is 0 Å². The van der Waals surface area contributed by atoms with E-state index in [4.69, 9.17) is 13.0 Å². The van der Waals surface area contributed by atoms with Crippen LogP contribution < -0.4 is 4.98 Å². The molecule has 1 N–H and O–H groups in total. The van der Waals surface area contributed by atoms with Gasteiger partial charge in [0.1, 0.15) is 0 Å². The van der Waals surface area contributed by atoms with E-state index in [1.807, 2.05) is 17.5 Å². The molecule has 0 atom stereocenters. The maximum atomic E-state index is 9.08. The summed E-state index contributed by atoms with van der Waals surface area (Å²) in [6.07, 6.45) is 9.27. The van der Waals surface area contributed by atoms with Crippen LogP contribution in [0.5, 0.6) is 0 Å². The molecule has 0 bridgehead atoms. The van der Waals surface area contributed by atoms with Crippen LogP contribution in [-0.2, 0) is 16.5 Å². The number of aryl methyl sites for hydroxylation is 1. The number of aromatic nitrogens is 1. The Balaban J connectivity index is 0.000000385. The lowest BCUT2D eigenvalue weighted by Crippen LogP contribution is -2.02. The third-order valence-electron chi connectivity index (χ3n) is 1.78. The zero-order valence-corrected chi connectivity index (χ0v) is 11.4. The molecule has 0 aliphatic heterocycles. The second-order valence-electron chi connectivity index (χ2n) is 3.50. The van der Waals surface area contributed by atoms with E-state index in [0.717, 1.165) is 0 Å². The maximum absolute atomic E-state index is 9.08. The topological polar surface area (TPSA) is 71.3 Å². The number of nitrogens with one attached hydrogen (secondary N) is 1. The first-order chi connectivity index (χ1) is 7.43. The molecule has 94 valence electrons. The average molecular weight is 265 g/mol. The van der Waals surface area contributed by atoms with E-state index in [1.165, 1.54) is 37.1 Å². The number of hydrogen-bond donors (Lipinski definition) is 0. The molecule has 0 aliphatic carbocycles. The van der Waals surface area contributed by atoms with Crippen molar-refractivity contribution in [1.82, 2.24) is 0 Å². The zero-order chi connectivity index (χ0) is 12.4. The molecule has 16 heavy (non-hydrogen) atoms. The second-order valence-corrected chi connectivity index (χ2v) is 5.91. The minimum absolute atomic E-state index is 0.604. The fourth-order valence-corrected chi connectivity index (χ4v) is 1.82. The van der Waals surface area contributed by atoms with E-state index >= 15 is 0 Å². The molecule has 0 unspecified atom stereocenters. The Labute approximate surface area is 101 Å². The maximum Gasteiger partial charge on any atom is 0.235 e. The van der Waals surface area contributed by atoms with Gasteiger partial charge in [-0.25, -0.2) is 13.4 Å². The van der Waals surface area contributed by atoms with Crippen LogP contribution in [0.3, 0.4) is 0 Å². The molecule has 0 saturated heterocycles. The fourth-order valence-electron chi connectivity index (χ4n) is 1.12. The monoisotopic (exact) mass is 265 g/mol. The van der Waals surface area contributed by atoms with Crippen molar-refractivity contribution >= 4 is 21.5 Å². The standard InChI is InChI=1S/C9H15NS.CH4O3S/c1-2-3-4-5-6-9-10-7-8-11-9;1-5(2,3)4/h7-8H,2-6H2,1H3;1H3,(H,2,3,4). The average Bonchev–Trinajstić information content (AvgIpc) is 2.62. The quantitative estimate of drug-likeness (QED) is 0.602. The fraction of sp³-hybridized carbons (Fsp3) is 0.700. The number of thiazole rings is 1. The summed E-state index contributed by atoms with van der Waals surface area (Å²) in [6.45, 7) is 2.25. The van der Waals surface area contributed by atoms with Crippen LogP contribution in [0.4, 0.5) is 0 Å². The Kier molecular flexibility index (Phi) is 8.42. The minimum Gasteiger partial charge on any atom is -0.748 e. The predicted molar refractivity (Wildman–Crippen MR) is 64.3 cm³/mol. The summed E-state index contributed by atoms with van der Waals surface area (Å²) in [5, 5.41) is 3.52. The number of unbranched alkanes of at least 4 members (excludes halogenated alkanes) is 3. The lowest BCUT2D eigenvalue weighted by Gasteiger charge is -1.92. The summed E-state index contributed by atoms with van der Waals surface area (Å²) in [6, 6.07) is 0. The van der Waals surface area contributed by atoms with Gasteiger partial charge in [0.05, 0.1) is 15.5 Å². The highest BCUT2D eigenvalue weighted by Gasteiger charge is 1.99. The van der Waals surface area contributed by atoms with Crippen molar-refractivity contribution in [3.63, 3.8) is 0 Å². The Morgan fingerprint density at radius 2 is 2.00 bits per heavy atom. The number of rotatable bonds is 5. The van der Waals surface area contributed by atoms with Crippen LogP contribution in [0, 0.1) is 0 Å². The van der Waals surface area contributed by atoms with Gasteiger partial charge in [0, 0.05) is 12.7 Å². The molecular formula is C10H19NO3S2. The molecule has 0 fully saturated rings. The first-order valence-electron chi connectivity index (χ1n) is 5.28. The van der Waals surface area contributed by atoms with E-state index in [1.54, 1.807) is 0 Å². The molecule has 0 aromatic carbocycles. The van der Waals surface area contributed by atoms with Crippen molar-refractivity contribution in [3.8, 4) is 0 Å². The third kappa shape index (κ3) is 13.5. The summed E-state index contributed by atoms with van der Waals surface area (Å²) in [5.74, 6) is 0. The molecule has 0 aliphatic rings. The van der Waals surface area contributed by atoms with Crippen molar-refractivity contribution in [2.75, 3.05) is 6.26 Å². The molecule has 0 amide bonds. The van der Waals surface area contributed by atoms with Gasteiger partial charge in [-0.05, 0) is 6.42 Å². The van der Waals surface area contributed by atoms with Gasteiger partial charge in [0.15, 0.2) is 6.20 Å². The highest BCUT2D eigenvalue weighted by molar-refractivity contribution is 7.84. The largest absolute Gasteiger partial charge is 0.748 e. The predicted octanol–water partition coefficient (Wildman–Crippen LogP) is 1.85. The van der Waals surface area contributed by atoms with Crippen molar-refractivity contribution in [3.05, 3.63) is 16.6 Å². The van der Waals surface area contributed by atoms with Gasteiger partial charge in [-0.2, -0.15) is 0 Å². The smallest absolute Gasteiger partial charge is 0.235 e. The number of aromatic amines is 1. The molecule has 1 heterocycles. The lowest BCUT2D eigenvalue weighted by molar-refractivity contribution is -0.382. The normalized spacial score (nSPS) is 10.7. The van der Waals surface area contributed by atoms with Crippen molar-refractivity contribution in [2.24, 2.45) is 0 Å². The Morgan fingerprint density at radius 3 is 2.44 bits per heavy atom.